The number of ketones is 1. The zero-order valence-electron chi connectivity index (χ0n) is 14.3. The first-order chi connectivity index (χ1) is 12.6. The third-order valence-electron chi connectivity index (χ3n) is 4.09. The van der Waals surface area contributed by atoms with Crippen LogP contribution in [0.15, 0.2) is 48.5 Å². The van der Waals surface area contributed by atoms with Crippen LogP contribution >= 0.6 is 0 Å². The molecule has 6 heteroatoms. The van der Waals surface area contributed by atoms with Gasteiger partial charge in [0, 0.05) is 24.9 Å². The fourth-order valence-corrected chi connectivity index (χ4v) is 2.71. The fraction of sp³-hybridized carbons (Fsp3) is 0.250. The monoisotopic (exact) mass is 352 g/mol. The van der Waals surface area contributed by atoms with Crippen molar-refractivity contribution < 1.29 is 19.1 Å². The second kappa shape index (κ2) is 8.29. The molecule has 1 aliphatic heterocycles. The van der Waals surface area contributed by atoms with Crippen LogP contribution in [0.1, 0.15) is 28.8 Å². The van der Waals surface area contributed by atoms with Crippen molar-refractivity contribution in [1.82, 2.24) is 5.32 Å². The molecule has 0 aromatic heterocycles. The molecular formula is C20H20N2O4. The van der Waals surface area contributed by atoms with E-state index in [1.165, 1.54) is 0 Å². The van der Waals surface area contributed by atoms with Gasteiger partial charge >= 0.3 is 0 Å². The SMILES string of the molecule is O=C(CCC(=O)c1ccc2c(c1)NC(=O)CO2)NCCc1ccccc1. The summed E-state index contributed by atoms with van der Waals surface area (Å²) in [5, 5.41) is 5.49. The van der Waals surface area contributed by atoms with Crippen LogP contribution in [0.2, 0.25) is 0 Å². The number of anilines is 1. The number of ether oxygens (including phenoxy) is 1. The molecule has 2 amide bonds. The van der Waals surface area contributed by atoms with Gasteiger partial charge in [-0.25, -0.2) is 0 Å². The first-order valence-corrected chi connectivity index (χ1v) is 8.52. The number of amides is 2. The average Bonchev–Trinajstić information content (AvgIpc) is 2.66. The summed E-state index contributed by atoms with van der Waals surface area (Å²) in [6.45, 7) is 0.517. The third-order valence-corrected chi connectivity index (χ3v) is 4.09. The van der Waals surface area contributed by atoms with Gasteiger partial charge in [0.1, 0.15) is 5.75 Å². The van der Waals surface area contributed by atoms with E-state index in [2.05, 4.69) is 10.6 Å². The quantitative estimate of drug-likeness (QED) is 0.749. The van der Waals surface area contributed by atoms with Crippen LogP contribution in [-0.2, 0) is 16.0 Å². The molecule has 1 heterocycles. The van der Waals surface area contributed by atoms with E-state index < -0.39 is 0 Å². The Morgan fingerprint density at radius 1 is 1.08 bits per heavy atom. The van der Waals surface area contributed by atoms with Gasteiger partial charge in [0.05, 0.1) is 5.69 Å². The first kappa shape index (κ1) is 17.7. The van der Waals surface area contributed by atoms with Crippen molar-refractivity contribution in [3.05, 3.63) is 59.7 Å². The average molecular weight is 352 g/mol. The standard InChI is InChI=1S/C20H20N2O4/c23-17(15-6-8-18-16(12-15)22-20(25)13-26-18)7-9-19(24)21-11-10-14-4-2-1-3-5-14/h1-6,8,12H,7,9-11,13H2,(H,21,24)(H,22,25). The van der Waals surface area contributed by atoms with E-state index in [1.54, 1.807) is 18.2 Å². The molecule has 6 nitrogen and oxygen atoms in total. The number of benzene rings is 2. The minimum Gasteiger partial charge on any atom is -0.482 e. The van der Waals surface area contributed by atoms with Crippen LogP contribution in [-0.4, -0.2) is 30.7 Å². The minimum atomic E-state index is -0.250. The number of rotatable bonds is 7. The normalized spacial score (nSPS) is 12.5. The van der Waals surface area contributed by atoms with Gasteiger partial charge in [-0.3, -0.25) is 14.4 Å². The molecule has 134 valence electrons. The van der Waals surface area contributed by atoms with E-state index in [0.29, 0.717) is 23.5 Å². The van der Waals surface area contributed by atoms with Gasteiger partial charge in [0.25, 0.3) is 5.91 Å². The highest BCUT2D eigenvalue weighted by Crippen LogP contribution is 2.28. The van der Waals surface area contributed by atoms with Crippen LogP contribution in [0.25, 0.3) is 0 Å². The number of hydrogen-bond acceptors (Lipinski definition) is 4. The van der Waals surface area contributed by atoms with Crippen LogP contribution in [0, 0.1) is 0 Å². The lowest BCUT2D eigenvalue weighted by Crippen LogP contribution is -2.26. The molecule has 26 heavy (non-hydrogen) atoms. The molecule has 0 bridgehead atoms. The lowest BCUT2D eigenvalue weighted by Gasteiger charge is -2.18. The summed E-state index contributed by atoms with van der Waals surface area (Å²) in [5.74, 6) is -0.00518. The molecule has 2 aromatic carbocycles. The summed E-state index contributed by atoms with van der Waals surface area (Å²) in [4.78, 5) is 35.5. The topological polar surface area (TPSA) is 84.5 Å². The smallest absolute Gasteiger partial charge is 0.262 e. The van der Waals surface area contributed by atoms with E-state index in [0.717, 1.165) is 12.0 Å². The molecule has 0 unspecified atom stereocenters. The summed E-state index contributed by atoms with van der Waals surface area (Å²) in [6.07, 6.45) is 1.00. The van der Waals surface area contributed by atoms with Crippen molar-refractivity contribution in [3.63, 3.8) is 0 Å². The van der Waals surface area contributed by atoms with Gasteiger partial charge in [-0.2, -0.15) is 0 Å². The molecule has 2 N–H and O–H groups in total. The van der Waals surface area contributed by atoms with Gasteiger partial charge in [0.2, 0.25) is 5.91 Å². The number of nitrogens with one attached hydrogen (secondary N) is 2. The third kappa shape index (κ3) is 4.69. The second-order valence-electron chi connectivity index (χ2n) is 6.06. The Hall–Kier alpha value is -3.15. The van der Waals surface area contributed by atoms with Gasteiger partial charge in [-0.1, -0.05) is 30.3 Å². The van der Waals surface area contributed by atoms with Crippen molar-refractivity contribution in [3.8, 4) is 5.75 Å². The van der Waals surface area contributed by atoms with Gasteiger partial charge < -0.3 is 15.4 Å². The lowest BCUT2D eigenvalue weighted by atomic mass is 10.0. The van der Waals surface area contributed by atoms with Crippen LogP contribution < -0.4 is 15.4 Å². The molecule has 1 aliphatic rings. The maximum atomic E-state index is 12.3. The molecule has 0 radical (unpaired) electrons. The fourth-order valence-electron chi connectivity index (χ4n) is 2.71. The largest absolute Gasteiger partial charge is 0.482 e. The minimum absolute atomic E-state index is 0.0244. The molecule has 2 aromatic rings. The lowest BCUT2D eigenvalue weighted by molar-refractivity contribution is -0.121. The predicted molar refractivity (Wildman–Crippen MR) is 97.3 cm³/mol. The van der Waals surface area contributed by atoms with Gasteiger partial charge in [-0.15, -0.1) is 0 Å². The summed E-state index contributed by atoms with van der Waals surface area (Å²) in [7, 11) is 0. The molecular weight excluding hydrogens is 332 g/mol. The Morgan fingerprint density at radius 3 is 2.69 bits per heavy atom. The maximum absolute atomic E-state index is 12.3. The van der Waals surface area contributed by atoms with Crippen molar-refractivity contribution in [2.45, 2.75) is 19.3 Å². The molecule has 0 fully saturated rings. The van der Waals surface area contributed by atoms with E-state index in [4.69, 9.17) is 4.74 Å². The summed E-state index contributed by atoms with van der Waals surface area (Å²) in [6, 6.07) is 14.8. The predicted octanol–water partition coefficient (Wildman–Crippen LogP) is 2.34. The number of carbonyl (C=O) groups excluding carboxylic acids is 3. The maximum Gasteiger partial charge on any atom is 0.262 e. The van der Waals surface area contributed by atoms with Gasteiger partial charge in [0.15, 0.2) is 12.4 Å². The number of hydrogen-bond donors (Lipinski definition) is 2. The highest BCUT2D eigenvalue weighted by molar-refractivity contribution is 6.01. The van der Waals surface area contributed by atoms with Crippen LogP contribution in [0.3, 0.4) is 0 Å². The highest BCUT2D eigenvalue weighted by atomic mass is 16.5. The van der Waals surface area contributed by atoms with Crippen molar-refractivity contribution in [2.75, 3.05) is 18.5 Å². The molecule has 0 saturated heterocycles. The number of Topliss-reactive ketones (excluding diaryl/α,β-unsaturated/α-hetero) is 1. The molecule has 0 saturated carbocycles. The Bertz CT molecular complexity index is 818. The zero-order valence-corrected chi connectivity index (χ0v) is 14.3. The molecule has 0 aliphatic carbocycles. The van der Waals surface area contributed by atoms with E-state index in [9.17, 15) is 14.4 Å². The Kier molecular flexibility index (Phi) is 5.63. The molecule has 0 spiro atoms. The summed E-state index contributed by atoms with van der Waals surface area (Å²) in [5.41, 5.74) is 2.09. The van der Waals surface area contributed by atoms with Crippen LogP contribution in [0.5, 0.6) is 5.75 Å². The Labute approximate surface area is 151 Å². The summed E-state index contributed by atoms with van der Waals surface area (Å²) >= 11 is 0. The first-order valence-electron chi connectivity index (χ1n) is 8.52. The molecule has 3 rings (SSSR count). The number of carbonyl (C=O) groups is 3. The zero-order chi connectivity index (χ0) is 18.4. The van der Waals surface area contributed by atoms with Crippen molar-refractivity contribution in [2.24, 2.45) is 0 Å². The Balaban J connectivity index is 1.45. The Morgan fingerprint density at radius 2 is 1.88 bits per heavy atom. The summed E-state index contributed by atoms with van der Waals surface area (Å²) < 4.78 is 5.26. The van der Waals surface area contributed by atoms with Crippen molar-refractivity contribution in [1.29, 1.82) is 0 Å². The van der Waals surface area contributed by atoms with Crippen LogP contribution in [0.4, 0.5) is 5.69 Å². The van der Waals surface area contributed by atoms with E-state index in [1.807, 2.05) is 30.3 Å². The number of fused-ring (bicyclic) bond motifs is 1. The highest BCUT2D eigenvalue weighted by Gasteiger charge is 2.18. The molecule has 0 atom stereocenters. The van der Waals surface area contributed by atoms with Gasteiger partial charge in [-0.05, 0) is 30.2 Å². The second-order valence-corrected chi connectivity index (χ2v) is 6.06. The van der Waals surface area contributed by atoms with E-state index >= 15 is 0 Å². The van der Waals surface area contributed by atoms with E-state index in [-0.39, 0.29) is 37.0 Å². The van der Waals surface area contributed by atoms with Crippen molar-refractivity contribution >= 4 is 23.3 Å².